The maximum Gasteiger partial charge on any atom is 0.187 e. The number of aliphatic hydroxyl groups is 8. The average molecular weight is 405 g/mol. The third-order valence-electron chi connectivity index (χ3n) is 4.16. The van der Waals surface area contributed by atoms with E-state index in [9.17, 15) is 44.5 Å². The standard InChI is InChI=1S/C13H26O12S/c1-4(2-14)11(8(18)9(19)12(21)26(22)23)25-13-10(20)7(17)6(16)5(3-15)24-13/h4-21H,2-3H2,1H3,(H,22,23)/p-1/t4?,5?,6-,7+,8-,9-,10+,11-,12+,13-/m1/s1. The van der Waals surface area contributed by atoms with Crippen LogP contribution in [0.2, 0.25) is 0 Å². The predicted octanol–water partition coefficient (Wildman–Crippen LogP) is -5.28. The highest BCUT2D eigenvalue weighted by atomic mass is 32.2. The molecular weight excluding hydrogens is 380 g/mol. The molecular formula is C13H25O12S-. The summed E-state index contributed by atoms with van der Waals surface area (Å²) in [5, 5.41) is 77.1. The topological polar surface area (TPSA) is 220 Å². The summed E-state index contributed by atoms with van der Waals surface area (Å²) in [5.74, 6) is -0.931. The molecule has 1 aliphatic heterocycles. The van der Waals surface area contributed by atoms with Crippen molar-refractivity contribution in [3.05, 3.63) is 0 Å². The third kappa shape index (κ3) is 5.37. The Balaban J connectivity index is 2.98. The fourth-order valence-corrected chi connectivity index (χ4v) is 2.86. The molecule has 0 aliphatic carbocycles. The monoisotopic (exact) mass is 405 g/mol. The van der Waals surface area contributed by atoms with Crippen LogP contribution < -0.4 is 0 Å². The summed E-state index contributed by atoms with van der Waals surface area (Å²) in [7, 11) is 0. The maximum absolute atomic E-state index is 10.7. The summed E-state index contributed by atoms with van der Waals surface area (Å²) < 4.78 is 31.9. The van der Waals surface area contributed by atoms with Gasteiger partial charge < -0.3 is 54.9 Å². The molecule has 8 N–H and O–H groups in total. The van der Waals surface area contributed by atoms with E-state index in [0.717, 1.165) is 0 Å². The number of aliphatic hydroxyl groups excluding tert-OH is 8. The quantitative estimate of drug-likeness (QED) is 0.169. The van der Waals surface area contributed by atoms with Gasteiger partial charge >= 0.3 is 0 Å². The van der Waals surface area contributed by atoms with Gasteiger partial charge in [0.05, 0.1) is 12.7 Å². The van der Waals surface area contributed by atoms with Gasteiger partial charge in [0.25, 0.3) is 0 Å². The molecule has 0 radical (unpaired) electrons. The van der Waals surface area contributed by atoms with E-state index >= 15 is 0 Å². The second-order valence-electron chi connectivity index (χ2n) is 6.09. The van der Waals surface area contributed by atoms with E-state index in [1.165, 1.54) is 6.92 Å². The van der Waals surface area contributed by atoms with Gasteiger partial charge in [-0.1, -0.05) is 6.92 Å². The number of ether oxygens (including phenoxy) is 2. The summed E-state index contributed by atoms with van der Waals surface area (Å²) in [6, 6.07) is 0. The largest absolute Gasteiger partial charge is 0.770 e. The van der Waals surface area contributed by atoms with Gasteiger partial charge in [0.2, 0.25) is 0 Å². The molecule has 1 heterocycles. The fraction of sp³-hybridized carbons (Fsp3) is 1.00. The minimum atomic E-state index is -3.13. The van der Waals surface area contributed by atoms with Crippen molar-refractivity contribution in [3.8, 4) is 0 Å². The van der Waals surface area contributed by atoms with Crippen molar-refractivity contribution in [2.45, 2.75) is 61.4 Å². The van der Waals surface area contributed by atoms with Crippen molar-refractivity contribution in [2.75, 3.05) is 13.2 Å². The van der Waals surface area contributed by atoms with Gasteiger partial charge in [0.1, 0.15) is 42.1 Å². The molecule has 0 bridgehead atoms. The predicted molar refractivity (Wildman–Crippen MR) is 81.8 cm³/mol. The second-order valence-corrected chi connectivity index (χ2v) is 7.09. The van der Waals surface area contributed by atoms with Crippen LogP contribution in [0.15, 0.2) is 0 Å². The molecule has 1 saturated heterocycles. The fourth-order valence-electron chi connectivity index (χ4n) is 2.47. The highest BCUT2D eigenvalue weighted by molar-refractivity contribution is 7.79. The van der Waals surface area contributed by atoms with Gasteiger partial charge in [-0.25, -0.2) is 0 Å². The molecule has 3 unspecified atom stereocenters. The Morgan fingerprint density at radius 2 is 1.65 bits per heavy atom. The maximum atomic E-state index is 10.7. The molecule has 1 fully saturated rings. The van der Waals surface area contributed by atoms with E-state index in [2.05, 4.69) is 0 Å². The normalized spacial score (nSPS) is 36.8. The Kier molecular flexibility index (Phi) is 9.42. The molecule has 0 spiro atoms. The Labute approximate surface area is 151 Å². The minimum Gasteiger partial charge on any atom is -0.770 e. The van der Waals surface area contributed by atoms with Crippen molar-refractivity contribution >= 4 is 11.1 Å². The molecule has 1 aliphatic rings. The summed E-state index contributed by atoms with van der Waals surface area (Å²) >= 11 is -3.13. The molecule has 11 atom stereocenters. The van der Waals surface area contributed by atoms with Crippen LogP contribution >= 0.6 is 0 Å². The molecule has 0 amide bonds. The molecule has 0 saturated carbocycles. The zero-order valence-corrected chi connectivity index (χ0v) is 14.6. The summed E-state index contributed by atoms with van der Waals surface area (Å²) in [6.07, 6.45) is -14.0. The van der Waals surface area contributed by atoms with Crippen LogP contribution in [0.5, 0.6) is 0 Å². The van der Waals surface area contributed by atoms with E-state index < -0.39 is 84.7 Å². The van der Waals surface area contributed by atoms with Crippen LogP contribution in [0.4, 0.5) is 0 Å². The summed E-state index contributed by atoms with van der Waals surface area (Å²) in [5.41, 5.74) is -2.35. The van der Waals surface area contributed by atoms with Crippen molar-refractivity contribution in [3.63, 3.8) is 0 Å². The van der Waals surface area contributed by atoms with E-state index in [-0.39, 0.29) is 0 Å². The van der Waals surface area contributed by atoms with Gasteiger partial charge in [0.15, 0.2) is 6.29 Å². The lowest BCUT2D eigenvalue weighted by atomic mass is 9.95. The number of hydrogen-bond acceptors (Lipinski definition) is 12. The molecule has 0 aromatic rings. The smallest absolute Gasteiger partial charge is 0.187 e. The molecule has 13 heteroatoms. The van der Waals surface area contributed by atoms with Crippen LogP contribution in [0.25, 0.3) is 0 Å². The number of rotatable bonds is 9. The van der Waals surface area contributed by atoms with Crippen LogP contribution in [0, 0.1) is 5.92 Å². The molecule has 12 nitrogen and oxygen atoms in total. The molecule has 26 heavy (non-hydrogen) atoms. The molecule has 0 aromatic heterocycles. The summed E-state index contributed by atoms with van der Waals surface area (Å²) in [6.45, 7) is 0.0255. The first-order chi connectivity index (χ1) is 12.1. The lowest BCUT2D eigenvalue weighted by Crippen LogP contribution is -2.61. The van der Waals surface area contributed by atoms with E-state index in [4.69, 9.17) is 14.6 Å². The summed E-state index contributed by atoms with van der Waals surface area (Å²) in [4.78, 5) is 0. The van der Waals surface area contributed by atoms with Gasteiger partial charge in [-0.15, -0.1) is 0 Å². The average Bonchev–Trinajstić information content (AvgIpc) is 2.63. The number of hydrogen-bond donors (Lipinski definition) is 8. The van der Waals surface area contributed by atoms with Crippen LogP contribution in [-0.4, -0.2) is 117 Å². The van der Waals surface area contributed by atoms with Crippen molar-refractivity contribution in [1.29, 1.82) is 0 Å². The van der Waals surface area contributed by atoms with E-state index in [1.54, 1.807) is 0 Å². The van der Waals surface area contributed by atoms with Gasteiger partial charge in [0, 0.05) is 12.5 Å². The zero-order chi connectivity index (χ0) is 20.2. The van der Waals surface area contributed by atoms with Crippen molar-refractivity contribution in [1.82, 2.24) is 0 Å². The minimum absolute atomic E-state index is 0.595. The van der Waals surface area contributed by atoms with E-state index in [1.807, 2.05) is 0 Å². The molecule has 1 rings (SSSR count). The first-order valence-corrected chi connectivity index (χ1v) is 8.89. The first-order valence-electron chi connectivity index (χ1n) is 7.75. The van der Waals surface area contributed by atoms with Crippen LogP contribution in [0.3, 0.4) is 0 Å². The third-order valence-corrected chi connectivity index (χ3v) is 4.84. The molecule has 156 valence electrons. The van der Waals surface area contributed by atoms with E-state index in [0.29, 0.717) is 0 Å². The second kappa shape index (κ2) is 10.3. The highest BCUT2D eigenvalue weighted by Gasteiger charge is 2.46. The van der Waals surface area contributed by atoms with Gasteiger partial charge in [-0.3, -0.25) is 4.21 Å². The Hall–Kier alpha value is -0.290. The van der Waals surface area contributed by atoms with Crippen LogP contribution in [0.1, 0.15) is 6.92 Å². The SMILES string of the molecule is CC(CO)[C@@H](O[C@H]1OC(CO)[C@@H](O)[C@H](O)[C@@H]1O)[C@H](O)[C@@H](O)[C@@H](O)S(=O)[O-]. The lowest BCUT2D eigenvalue weighted by molar-refractivity contribution is -0.324. The van der Waals surface area contributed by atoms with Gasteiger partial charge in [-0.05, 0) is 11.1 Å². The first kappa shape index (κ1) is 23.7. The Bertz CT molecular complexity index is 451. The zero-order valence-electron chi connectivity index (χ0n) is 13.8. The molecule has 0 aromatic carbocycles. The van der Waals surface area contributed by atoms with Gasteiger partial charge in [-0.2, -0.15) is 0 Å². The van der Waals surface area contributed by atoms with Crippen molar-refractivity contribution < 1.29 is 59.1 Å². The Morgan fingerprint density at radius 3 is 2.12 bits per heavy atom. The Morgan fingerprint density at radius 1 is 1.08 bits per heavy atom. The lowest BCUT2D eigenvalue weighted by Gasteiger charge is -2.42. The van der Waals surface area contributed by atoms with Crippen molar-refractivity contribution in [2.24, 2.45) is 5.92 Å². The highest BCUT2D eigenvalue weighted by Crippen LogP contribution is 2.26. The van der Waals surface area contributed by atoms with Crippen LogP contribution in [-0.2, 0) is 20.6 Å².